The van der Waals surface area contributed by atoms with E-state index >= 15 is 0 Å². The molecule has 2 rings (SSSR count). The van der Waals surface area contributed by atoms with Gasteiger partial charge in [0.25, 0.3) is 5.91 Å². The Morgan fingerprint density at radius 1 is 1.30 bits per heavy atom. The molecule has 0 atom stereocenters. The number of carbonyl (C=O) groups is 1. The van der Waals surface area contributed by atoms with Crippen molar-refractivity contribution < 1.29 is 13.9 Å². The predicted octanol–water partition coefficient (Wildman–Crippen LogP) is 2.98. The highest BCUT2D eigenvalue weighted by atomic mass is 19.1. The van der Waals surface area contributed by atoms with Crippen molar-refractivity contribution in [1.29, 1.82) is 0 Å². The summed E-state index contributed by atoms with van der Waals surface area (Å²) in [5, 5.41) is 2.65. The lowest BCUT2D eigenvalue weighted by atomic mass is 10.1. The van der Waals surface area contributed by atoms with E-state index in [-0.39, 0.29) is 5.82 Å². The Bertz CT molecular complexity index is 656. The molecule has 0 aliphatic heterocycles. The molecule has 5 heteroatoms. The summed E-state index contributed by atoms with van der Waals surface area (Å²) in [5.41, 5.74) is 7.22. The second-order valence-electron chi connectivity index (χ2n) is 4.33. The maximum atomic E-state index is 13.4. The van der Waals surface area contributed by atoms with Crippen LogP contribution in [0.3, 0.4) is 0 Å². The molecule has 0 aliphatic rings. The van der Waals surface area contributed by atoms with Gasteiger partial charge in [0.15, 0.2) is 0 Å². The normalized spacial score (nSPS) is 10.2. The highest BCUT2D eigenvalue weighted by Gasteiger charge is 2.14. The van der Waals surface area contributed by atoms with Gasteiger partial charge in [0.1, 0.15) is 11.6 Å². The number of nitrogens with one attached hydrogen (secondary N) is 1. The zero-order valence-corrected chi connectivity index (χ0v) is 11.2. The number of halogens is 1. The quantitative estimate of drug-likeness (QED) is 0.846. The average Bonchev–Trinajstić information content (AvgIpc) is 2.43. The minimum absolute atomic E-state index is 0.302. The van der Waals surface area contributed by atoms with Gasteiger partial charge in [0.05, 0.1) is 12.7 Å². The first-order chi connectivity index (χ1) is 9.52. The molecular weight excluding hydrogens is 259 g/mol. The molecular formula is C15H15FN2O2. The lowest BCUT2D eigenvalue weighted by Gasteiger charge is -2.12. The van der Waals surface area contributed by atoms with E-state index in [1.807, 2.05) is 0 Å². The number of benzene rings is 2. The van der Waals surface area contributed by atoms with Gasteiger partial charge in [-0.3, -0.25) is 4.79 Å². The maximum absolute atomic E-state index is 13.4. The second kappa shape index (κ2) is 5.61. The third-order valence-electron chi connectivity index (χ3n) is 2.98. The predicted molar refractivity (Wildman–Crippen MR) is 76.5 cm³/mol. The number of amides is 1. The van der Waals surface area contributed by atoms with E-state index in [0.29, 0.717) is 28.3 Å². The van der Waals surface area contributed by atoms with Crippen molar-refractivity contribution in [3.63, 3.8) is 0 Å². The highest BCUT2D eigenvalue weighted by Crippen LogP contribution is 2.24. The number of nitrogen functional groups attached to an aromatic ring is 1. The Balaban J connectivity index is 2.33. The topological polar surface area (TPSA) is 64.3 Å². The highest BCUT2D eigenvalue weighted by molar-refractivity contribution is 6.07. The first-order valence-electron chi connectivity index (χ1n) is 6.03. The summed E-state index contributed by atoms with van der Waals surface area (Å²) in [6, 6.07) is 9.28. The van der Waals surface area contributed by atoms with Crippen LogP contribution in [0.5, 0.6) is 5.75 Å². The smallest absolute Gasteiger partial charge is 0.259 e. The Kier molecular flexibility index (Phi) is 3.89. The second-order valence-corrected chi connectivity index (χ2v) is 4.33. The van der Waals surface area contributed by atoms with Crippen molar-refractivity contribution in [3.8, 4) is 5.75 Å². The van der Waals surface area contributed by atoms with Crippen molar-refractivity contribution in [1.82, 2.24) is 0 Å². The molecule has 2 aromatic carbocycles. The minimum Gasteiger partial charge on any atom is -0.496 e. The van der Waals surface area contributed by atoms with Crippen LogP contribution in [0.4, 0.5) is 15.8 Å². The zero-order chi connectivity index (χ0) is 14.7. The molecule has 0 aromatic heterocycles. The van der Waals surface area contributed by atoms with E-state index in [0.717, 1.165) is 0 Å². The number of anilines is 2. The molecule has 0 saturated heterocycles. The van der Waals surface area contributed by atoms with Crippen molar-refractivity contribution in [2.75, 3.05) is 18.2 Å². The molecule has 0 heterocycles. The van der Waals surface area contributed by atoms with Gasteiger partial charge >= 0.3 is 0 Å². The van der Waals surface area contributed by atoms with E-state index in [1.54, 1.807) is 25.1 Å². The molecule has 1 amide bonds. The van der Waals surface area contributed by atoms with Crippen LogP contribution in [0.1, 0.15) is 15.9 Å². The van der Waals surface area contributed by atoms with Crippen LogP contribution in [0, 0.1) is 12.7 Å². The average molecular weight is 274 g/mol. The van der Waals surface area contributed by atoms with E-state index in [9.17, 15) is 9.18 Å². The minimum atomic E-state index is -0.400. The van der Waals surface area contributed by atoms with Gasteiger partial charge in [-0.1, -0.05) is 6.07 Å². The van der Waals surface area contributed by atoms with Crippen LogP contribution in [0.15, 0.2) is 36.4 Å². The first kappa shape index (κ1) is 13.9. The van der Waals surface area contributed by atoms with Gasteiger partial charge < -0.3 is 15.8 Å². The molecule has 0 unspecified atom stereocenters. The van der Waals surface area contributed by atoms with Crippen LogP contribution in [0.25, 0.3) is 0 Å². The third-order valence-corrected chi connectivity index (χ3v) is 2.98. The molecule has 0 fully saturated rings. The van der Waals surface area contributed by atoms with Gasteiger partial charge in [-0.05, 0) is 37.3 Å². The Morgan fingerprint density at radius 2 is 2.05 bits per heavy atom. The summed E-state index contributed by atoms with van der Waals surface area (Å²) in [7, 11) is 1.47. The van der Waals surface area contributed by atoms with E-state index < -0.39 is 5.91 Å². The summed E-state index contributed by atoms with van der Waals surface area (Å²) in [6.45, 7) is 1.60. The van der Waals surface area contributed by atoms with Crippen molar-refractivity contribution in [2.24, 2.45) is 0 Å². The molecule has 104 valence electrons. The van der Waals surface area contributed by atoms with Gasteiger partial charge in [0.2, 0.25) is 0 Å². The molecule has 4 nitrogen and oxygen atoms in total. The van der Waals surface area contributed by atoms with Crippen LogP contribution < -0.4 is 15.8 Å². The molecule has 0 radical (unpaired) electrons. The Labute approximate surface area is 116 Å². The van der Waals surface area contributed by atoms with Gasteiger partial charge in [-0.15, -0.1) is 0 Å². The van der Waals surface area contributed by atoms with Crippen LogP contribution in [-0.4, -0.2) is 13.0 Å². The van der Waals surface area contributed by atoms with Crippen LogP contribution >= 0.6 is 0 Å². The van der Waals surface area contributed by atoms with Gasteiger partial charge in [-0.25, -0.2) is 4.39 Å². The summed E-state index contributed by atoms with van der Waals surface area (Å²) >= 11 is 0. The fourth-order valence-electron chi connectivity index (χ4n) is 1.84. The first-order valence-corrected chi connectivity index (χ1v) is 6.03. The summed E-state index contributed by atoms with van der Waals surface area (Å²) in [5.74, 6) is -0.365. The van der Waals surface area contributed by atoms with Gasteiger partial charge in [-0.2, -0.15) is 0 Å². The number of hydrogen-bond donors (Lipinski definition) is 2. The largest absolute Gasteiger partial charge is 0.496 e. The molecule has 0 aliphatic carbocycles. The Morgan fingerprint density at radius 3 is 2.75 bits per heavy atom. The lowest BCUT2D eigenvalue weighted by molar-refractivity contribution is 0.102. The zero-order valence-electron chi connectivity index (χ0n) is 11.2. The fraction of sp³-hybridized carbons (Fsp3) is 0.133. The van der Waals surface area contributed by atoms with Crippen LogP contribution in [0.2, 0.25) is 0 Å². The van der Waals surface area contributed by atoms with E-state index in [1.165, 1.54) is 25.3 Å². The number of rotatable bonds is 3. The molecule has 0 saturated carbocycles. The monoisotopic (exact) mass is 274 g/mol. The number of hydrogen-bond acceptors (Lipinski definition) is 3. The molecule has 0 spiro atoms. The molecule has 20 heavy (non-hydrogen) atoms. The molecule has 0 bridgehead atoms. The third kappa shape index (κ3) is 2.71. The summed E-state index contributed by atoms with van der Waals surface area (Å²) < 4.78 is 18.6. The van der Waals surface area contributed by atoms with Crippen molar-refractivity contribution in [3.05, 3.63) is 53.3 Å². The molecule has 2 aromatic rings. The van der Waals surface area contributed by atoms with E-state index in [4.69, 9.17) is 10.5 Å². The number of ether oxygens (including phenoxy) is 1. The van der Waals surface area contributed by atoms with Crippen LogP contribution in [-0.2, 0) is 0 Å². The SMILES string of the molecule is COc1ccc(N)cc1C(=O)Nc1cccc(F)c1C. The number of methoxy groups -OCH3 is 1. The summed E-state index contributed by atoms with van der Waals surface area (Å²) in [4.78, 5) is 12.2. The number of carbonyl (C=O) groups excluding carboxylic acids is 1. The van der Waals surface area contributed by atoms with Gasteiger partial charge in [0, 0.05) is 16.9 Å². The Hall–Kier alpha value is -2.56. The fourth-order valence-corrected chi connectivity index (χ4v) is 1.84. The summed E-state index contributed by atoms with van der Waals surface area (Å²) in [6.07, 6.45) is 0. The van der Waals surface area contributed by atoms with Crippen molar-refractivity contribution >= 4 is 17.3 Å². The molecule has 3 N–H and O–H groups in total. The standard InChI is InChI=1S/C15H15FN2O2/c1-9-12(16)4-3-5-13(9)18-15(19)11-8-10(17)6-7-14(11)20-2/h3-8H,17H2,1-2H3,(H,18,19). The van der Waals surface area contributed by atoms with Crippen molar-refractivity contribution in [2.45, 2.75) is 6.92 Å². The number of nitrogens with two attached hydrogens (primary N) is 1. The maximum Gasteiger partial charge on any atom is 0.259 e. The van der Waals surface area contributed by atoms with E-state index in [2.05, 4.69) is 5.32 Å². The lowest BCUT2D eigenvalue weighted by Crippen LogP contribution is -2.14.